The molecule has 8 nitrogen and oxygen atoms in total. The molecule has 8 heteroatoms. The van der Waals surface area contributed by atoms with Gasteiger partial charge in [-0.2, -0.15) is 0 Å². The van der Waals surface area contributed by atoms with Crippen LogP contribution in [0.3, 0.4) is 0 Å². The molecular weight excluding hydrogens is 494 g/mol. The Kier molecular flexibility index (Phi) is 6.67. The fourth-order valence-electron chi connectivity index (χ4n) is 6.94. The van der Waals surface area contributed by atoms with Crippen molar-refractivity contribution in [2.75, 3.05) is 12.4 Å². The topological polar surface area (TPSA) is 97.0 Å². The van der Waals surface area contributed by atoms with Crippen molar-refractivity contribution in [2.24, 2.45) is 11.8 Å². The lowest BCUT2D eigenvalue weighted by molar-refractivity contribution is -0.143. The Morgan fingerprint density at radius 3 is 2.44 bits per heavy atom. The predicted molar refractivity (Wildman–Crippen MR) is 146 cm³/mol. The van der Waals surface area contributed by atoms with Gasteiger partial charge in [-0.15, -0.1) is 0 Å². The summed E-state index contributed by atoms with van der Waals surface area (Å²) in [4.78, 5) is 43.6. The van der Waals surface area contributed by atoms with Crippen LogP contribution in [0, 0.1) is 11.8 Å². The maximum atomic E-state index is 14.3. The number of anilines is 1. The number of hydrogen-bond acceptors (Lipinski definition) is 5. The highest BCUT2D eigenvalue weighted by atomic mass is 16.5. The van der Waals surface area contributed by atoms with Crippen LogP contribution < -0.4 is 15.4 Å². The summed E-state index contributed by atoms with van der Waals surface area (Å²) in [5.74, 6) is -1.59. The summed E-state index contributed by atoms with van der Waals surface area (Å²) in [5, 5.41) is 6.20. The summed E-state index contributed by atoms with van der Waals surface area (Å²) in [5.41, 5.74) is 0.342. The van der Waals surface area contributed by atoms with Crippen LogP contribution in [-0.4, -0.2) is 53.5 Å². The largest absolute Gasteiger partial charge is 0.497 e. The van der Waals surface area contributed by atoms with E-state index < -0.39 is 29.6 Å². The lowest BCUT2D eigenvalue weighted by Crippen LogP contribution is -2.56. The molecule has 1 aliphatic carbocycles. The Morgan fingerprint density at radius 2 is 1.74 bits per heavy atom. The van der Waals surface area contributed by atoms with Gasteiger partial charge in [0, 0.05) is 11.7 Å². The van der Waals surface area contributed by atoms with Gasteiger partial charge in [0.25, 0.3) is 0 Å². The van der Waals surface area contributed by atoms with E-state index >= 15 is 0 Å². The zero-order chi connectivity index (χ0) is 27.1. The quantitative estimate of drug-likeness (QED) is 0.529. The van der Waals surface area contributed by atoms with Gasteiger partial charge in [-0.25, -0.2) is 0 Å². The summed E-state index contributed by atoms with van der Waals surface area (Å²) < 4.78 is 11.7. The second-order valence-corrected chi connectivity index (χ2v) is 11.1. The third-order valence-electron chi connectivity index (χ3n) is 8.87. The van der Waals surface area contributed by atoms with E-state index in [1.807, 2.05) is 49.4 Å². The number of benzene rings is 2. The molecule has 6 atom stereocenters. The summed E-state index contributed by atoms with van der Waals surface area (Å²) in [6, 6.07) is 15.6. The molecule has 2 N–H and O–H groups in total. The van der Waals surface area contributed by atoms with E-state index in [2.05, 4.69) is 10.6 Å². The van der Waals surface area contributed by atoms with Gasteiger partial charge >= 0.3 is 0 Å². The van der Waals surface area contributed by atoms with E-state index in [0.29, 0.717) is 11.4 Å². The number of hydrogen-bond donors (Lipinski definition) is 2. The third kappa shape index (κ3) is 4.31. The molecule has 3 aliphatic heterocycles. The van der Waals surface area contributed by atoms with Gasteiger partial charge in [-0.3, -0.25) is 14.4 Å². The van der Waals surface area contributed by atoms with Crippen molar-refractivity contribution in [1.82, 2.24) is 10.2 Å². The summed E-state index contributed by atoms with van der Waals surface area (Å²) in [6.45, 7) is 1.94. The molecule has 4 aliphatic rings. The molecule has 3 amide bonds. The first-order valence-electron chi connectivity index (χ1n) is 13.9. The van der Waals surface area contributed by atoms with Crippen molar-refractivity contribution >= 4 is 23.4 Å². The number of rotatable bonds is 7. The zero-order valence-electron chi connectivity index (χ0n) is 22.3. The van der Waals surface area contributed by atoms with Crippen LogP contribution in [0.4, 0.5) is 5.69 Å². The SMILES string of the molecule is COc1ccc(NC(=O)[C@@H]2[C@@H]3C=C[C@]4(O3)[C@@H]2C(=O)N([C@H](C)c2ccccc2)[C@H]4C(=O)NC2CCCCC2)cc1. The highest BCUT2D eigenvalue weighted by Gasteiger charge is 2.73. The third-order valence-corrected chi connectivity index (χ3v) is 8.87. The van der Waals surface area contributed by atoms with Crippen LogP contribution in [-0.2, 0) is 19.1 Å². The van der Waals surface area contributed by atoms with Crippen LogP contribution in [0.25, 0.3) is 0 Å². The monoisotopic (exact) mass is 529 g/mol. The molecule has 6 rings (SSSR count). The summed E-state index contributed by atoms with van der Waals surface area (Å²) >= 11 is 0. The van der Waals surface area contributed by atoms with Crippen molar-refractivity contribution in [3.63, 3.8) is 0 Å². The van der Waals surface area contributed by atoms with Crippen molar-refractivity contribution in [3.8, 4) is 5.75 Å². The molecule has 2 aromatic carbocycles. The van der Waals surface area contributed by atoms with Gasteiger partial charge in [-0.05, 0) is 49.6 Å². The van der Waals surface area contributed by atoms with Crippen LogP contribution >= 0.6 is 0 Å². The normalized spacial score (nSPS) is 30.2. The molecule has 39 heavy (non-hydrogen) atoms. The number of ether oxygens (including phenoxy) is 2. The maximum Gasteiger partial charge on any atom is 0.246 e. The molecule has 3 heterocycles. The summed E-state index contributed by atoms with van der Waals surface area (Å²) in [7, 11) is 1.58. The first-order valence-corrected chi connectivity index (χ1v) is 13.9. The number of nitrogens with zero attached hydrogens (tertiary/aromatic N) is 1. The Labute approximate surface area is 228 Å². The molecule has 2 bridgehead atoms. The average molecular weight is 530 g/mol. The number of carbonyl (C=O) groups excluding carboxylic acids is 3. The fraction of sp³-hybridized carbons (Fsp3) is 0.452. The molecule has 204 valence electrons. The van der Waals surface area contributed by atoms with E-state index in [-0.39, 0.29) is 29.8 Å². The average Bonchev–Trinajstić information content (AvgIpc) is 3.61. The molecule has 1 saturated carbocycles. The maximum absolute atomic E-state index is 14.3. The second-order valence-electron chi connectivity index (χ2n) is 11.1. The Balaban J connectivity index is 1.33. The van der Waals surface area contributed by atoms with Crippen molar-refractivity contribution in [2.45, 2.75) is 68.9 Å². The molecule has 2 saturated heterocycles. The summed E-state index contributed by atoms with van der Waals surface area (Å²) in [6.07, 6.45) is 8.34. The molecule has 0 unspecified atom stereocenters. The Hall–Kier alpha value is -3.65. The van der Waals surface area contributed by atoms with Crippen LogP contribution in [0.5, 0.6) is 5.75 Å². The van der Waals surface area contributed by atoms with Gasteiger partial charge < -0.3 is 25.0 Å². The first-order chi connectivity index (χ1) is 18.9. The fourth-order valence-corrected chi connectivity index (χ4v) is 6.94. The van der Waals surface area contributed by atoms with E-state index in [1.165, 1.54) is 6.42 Å². The number of likely N-dealkylation sites (tertiary alicyclic amines) is 1. The van der Waals surface area contributed by atoms with E-state index in [4.69, 9.17) is 9.47 Å². The highest BCUT2D eigenvalue weighted by Crippen LogP contribution is 2.56. The molecule has 3 fully saturated rings. The minimum Gasteiger partial charge on any atom is -0.497 e. The Bertz CT molecular complexity index is 1270. The first kappa shape index (κ1) is 25.6. The highest BCUT2D eigenvalue weighted by molar-refractivity contribution is 6.03. The van der Waals surface area contributed by atoms with Gasteiger partial charge in [-0.1, -0.05) is 61.7 Å². The van der Waals surface area contributed by atoms with Gasteiger partial charge in [0.05, 0.1) is 31.1 Å². The van der Waals surface area contributed by atoms with E-state index in [9.17, 15) is 14.4 Å². The van der Waals surface area contributed by atoms with Crippen molar-refractivity contribution < 1.29 is 23.9 Å². The molecule has 0 radical (unpaired) electrons. The van der Waals surface area contributed by atoms with Crippen molar-refractivity contribution in [3.05, 3.63) is 72.3 Å². The lowest BCUT2D eigenvalue weighted by Gasteiger charge is -2.37. The minimum atomic E-state index is -1.19. The van der Waals surface area contributed by atoms with Gasteiger partial charge in [0.2, 0.25) is 17.7 Å². The second kappa shape index (κ2) is 10.2. The molecule has 1 spiro atoms. The predicted octanol–water partition coefficient (Wildman–Crippen LogP) is 3.99. The van der Waals surface area contributed by atoms with E-state index in [1.54, 1.807) is 36.3 Å². The van der Waals surface area contributed by atoms with Crippen molar-refractivity contribution in [1.29, 1.82) is 0 Å². The standard InChI is InChI=1S/C31H35N3O5/c1-19(20-9-5-3-6-10-20)34-27(29(36)33-21-11-7-4-8-12-21)31-18-17-24(39-31)25(26(31)30(34)37)28(35)32-22-13-15-23(38-2)16-14-22/h3,5-6,9-10,13-19,21,24-27H,4,7-8,11-12H2,1-2H3,(H,32,35)(H,33,36)/t19-,24+,25-,26+,27+,31+/m1/s1. The van der Waals surface area contributed by atoms with Crippen LogP contribution in [0.2, 0.25) is 0 Å². The number of fused-ring (bicyclic) bond motifs is 1. The zero-order valence-corrected chi connectivity index (χ0v) is 22.3. The van der Waals surface area contributed by atoms with Gasteiger partial charge in [0.15, 0.2) is 0 Å². The molecular formula is C31H35N3O5. The Morgan fingerprint density at radius 1 is 1.03 bits per heavy atom. The molecule has 0 aromatic heterocycles. The van der Waals surface area contributed by atoms with E-state index in [0.717, 1.165) is 31.2 Å². The van der Waals surface area contributed by atoms with Crippen LogP contribution in [0.15, 0.2) is 66.7 Å². The molecule has 2 aromatic rings. The lowest BCUT2D eigenvalue weighted by atomic mass is 9.74. The van der Waals surface area contributed by atoms with Crippen LogP contribution in [0.1, 0.15) is 50.6 Å². The smallest absolute Gasteiger partial charge is 0.246 e. The number of carbonyl (C=O) groups is 3. The minimum absolute atomic E-state index is 0.0856. The number of nitrogens with one attached hydrogen (secondary N) is 2. The number of methoxy groups -OCH3 is 1. The van der Waals surface area contributed by atoms with Gasteiger partial charge in [0.1, 0.15) is 17.4 Å². The number of amides is 3.